The van der Waals surface area contributed by atoms with Gasteiger partial charge in [0.1, 0.15) is 6.26 Å². The topological polar surface area (TPSA) is 38.1 Å². The Bertz CT molecular complexity index is 774. The molecule has 1 aromatic heterocycles. The molecule has 0 spiro atoms. The van der Waals surface area contributed by atoms with Gasteiger partial charge in [-0.15, -0.1) is 6.58 Å². The Morgan fingerprint density at radius 2 is 1.91 bits per heavy atom. The number of rotatable bonds is 6. The number of aromatic nitrogens is 1. The molecular weight excluding hydrogens is 284 g/mol. The predicted octanol–water partition coefficient (Wildman–Crippen LogP) is 4.59. The van der Waals surface area contributed by atoms with Crippen molar-refractivity contribution in [1.82, 2.24) is 10.3 Å². The second kappa shape index (κ2) is 7.07. The van der Waals surface area contributed by atoms with Crippen LogP contribution in [-0.4, -0.2) is 11.5 Å². The molecule has 0 aliphatic carbocycles. The number of hydrogen-bond acceptors (Lipinski definition) is 3. The largest absolute Gasteiger partial charge is 0.445 e. The van der Waals surface area contributed by atoms with Crippen LogP contribution < -0.4 is 5.32 Å². The third-order valence-corrected chi connectivity index (χ3v) is 3.80. The summed E-state index contributed by atoms with van der Waals surface area (Å²) in [6.45, 7) is 7.50. The van der Waals surface area contributed by atoms with Gasteiger partial charge in [-0.3, -0.25) is 0 Å². The van der Waals surface area contributed by atoms with Gasteiger partial charge in [-0.2, -0.15) is 0 Å². The molecule has 0 unspecified atom stereocenters. The summed E-state index contributed by atoms with van der Waals surface area (Å²) >= 11 is 0. The minimum absolute atomic E-state index is 0.650. The van der Waals surface area contributed by atoms with Crippen LogP contribution in [0.2, 0.25) is 0 Å². The van der Waals surface area contributed by atoms with Crippen LogP contribution in [0.1, 0.15) is 11.1 Å². The first kappa shape index (κ1) is 15.3. The summed E-state index contributed by atoms with van der Waals surface area (Å²) in [5.41, 5.74) is 5.89. The number of oxazole rings is 1. The molecular formula is C20H20N2O. The molecule has 3 rings (SSSR count). The van der Waals surface area contributed by atoms with Crippen LogP contribution in [0.5, 0.6) is 0 Å². The summed E-state index contributed by atoms with van der Waals surface area (Å²) in [6.07, 6.45) is 5.13. The zero-order valence-corrected chi connectivity index (χ0v) is 13.3. The van der Waals surface area contributed by atoms with Gasteiger partial charge in [0.25, 0.3) is 0 Å². The van der Waals surface area contributed by atoms with Gasteiger partial charge in [-0.05, 0) is 41.3 Å². The zero-order chi connectivity index (χ0) is 16.1. The Hall–Kier alpha value is -2.65. The lowest BCUT2D eigenvalue weighted by Gasteiger charge is -2.09. The van der Waals surface area contributed by atoms with E-state index in [0.717, 1.165) is 18.7 Å². The zero-order valence-electron chi connectivity index (χ0n) is 13.3. The Balaban J connectivity index is 1.86. The number of hydrogen-bond donors (Lipinski definition) is 1. The highest BCUT2D eigenvalue weighted by Crippen LogP contribution is 2.28. The Morgan fingerprint density at radius 1 is 1.13 bits per heavy atom. The first-order valence-electron chi connectivity index (χ1n) is 7.69. The second-order valence-corrected chi connectivity index (χ2v) is 5.48. The molecule has 0 saturated carbocycles. The van der Waals surface area contributed by atoms with Crippen LogP contribution in [0.3, 0.4) is 0 Å². The van der Waals surface area contributed by atoms with Crippen molar-refractivity contribution < 1.29 is 4.42 Å². The minimum Gasteiger partial charge on any atom is -0.445 e. The summed E-state index contributed by atoms with van der Waals surface area (Å²) in [5, 5.41) is 3.31. The molecule has 3 nitrogen and oxygen atoms in total. The van der Waals surface area contributed by atoms with Crippen molar-refractivity contribution in [2.45, 2.75) is 13.5 Å². The second-order valence-electron chi connectivity index (χ2n) is 5.48. The quantitative estimate of drug-likeness (QED) is 0.534. The standard InChI is InChI=1S/C20H20N2O/c1-3-10-21-14-16-5-8-17(9-6-16)19-13-18(7-4-15(19)2)20-22-11-12-23-20/h3-9,11-13,21H,1,10,14H2,2H3. The van der Waals surface area contributed by atoms with Gasteiger partial charge in [-0.1, -0.05) is 36.4 Å². The molecule has 1 heterocycles. The van der Waals surface area contributed by atoms with E-state index in [1.54, 1.807) is 12.5 Å². The first-order chi connectivity index (χ1) is 11.3. The molecule has 0 aliphatic rings. The summed E-state index contributed by atoms with van der Waals surface area (Å²) in [6, 6.07) is 14.9. The van der Waals surface area contributed by atoms with Crippen LogP contribution >= 0.6 is 0 Å². The van der Waals surface area contributed by atoms with Crippen molar-refractivity contribution in [1.29, 1.82) is 0 Å². The molecule has 0 radical (unpaired) electrons. The average Bonchev–Trinajstić information content (AvgIpc) is 3.11. The van der Waals surface area contributed by atoms with Gasteiger partial charge >= 0.3 is 0 Å². The van der Waals surface area contributed by atoms with Crippen molar-refractivity contribution in [3.63, 3.8) is 0 Å². The number of aryl methyl sites for hydroxylation is 1. The van der Waals surface area contributed by atoms with E-state index in [9.17, 15) is 0 Å². The molecule has 3 aromatic rings. The molecule has 0 saturated heterocycles. The molecule has 116 valence electrons. The van der Waals surface area contributed by atoms with Crippen LogP contribution in [-0.2, 0) is 6.54 Å². The van der Waals surface area contributed by atoms with Crippen molar-refractivity contribution in [2.75, 3.05) is 6.54 Å². The third kappa shape index (κ3) is 3.58. The Kier molecular flexibility index (Phi) is 4.69. The van der Waals surface area contributed by atoms with Gasteiger partial charge in [-0.25, -0.2) is 4.98 Å². The van der Waals surface area contributed by atoms with E-state index in [-0.39, 0.29) is 0 Å². The van der Waals surface area contributed by atoms with Gasteiger partial charge in [0, 0.05) is 18.7 Å². The summed E-state index contributed by atoms with van der Waals surface area (Å²) in [5.74, 6) is 0.650. The van der Waals surface area contributed by atoms with Crippen molar-refractivity contribution >= 4 is 0 Å². The maximum Gasteiger partial charge on any atom is 0.225 e. The van der Waals surface area contributed by atoms with E-state index < -0.39 is 0 Å². The van der Waals surface area contributed by atoms with Gasteiger partial charge in [0.2, 0.25) is 5.89 Å². The van der Waals surface area contributed by atoms with Gasteiger partial charge < -0.3 is 9.73 Å². The fourth-order valence-electron chi connectivity index (χ4n) is 2.55. The van der Waals surface area contributed by atoms with Crippen LogP contribution in [0.15, 0.2) is 72.0 Å². The van der Waals surface area contributed by atoms with E-state index in [1.165, 1.54) is 22.3 Å². The van der Waals surface area contributed by atoms with E-state index in [0.29, 0.717) is 5.89 Å². The number of nitrogens with zero attached hydrogens (tertiary/aromatic N) is 1. The molecule has 23 heavy (non-hydrogen) atoms. The maximum atomic E-state index is 5.40. The van der Waals surface area contributed by atoms with E-state index in [2.05, 4.69) is 60.2 Å². The van der Waals surface area contributed by atoms with E-state index in [4.69, 9.17) is 4.42 Å². The lowest BCUT2D eigenvalue weighted by Crippen LogP contribution is -2.12. The van der Waals surface area contributed by atoms with E-state index >= 15 is 0 Å². The van der Waals surface area contributed by atoms with Crippen LogP contribution in [0, 0.1) is 6.92 Å². The number of benzene rings is 2. The summed E-state index contributed by atoms with van der Waals surface area (Å²) < 4.78 is 5.40. The summed E-state index contributed by atoms with van der Waals surface area (Å²) in [4.78, 5) is 4.22. The highest BCUT2D eigenvalue weighted by atomic mass is 16.3. The third-order valence-electron chi connectivity index (χ3n) is 3.80. The molecule has 0 bridgehead atoms. The van der Waals surface area contributed by atoms with Gasteiger partial charge in [0.15, 0.2) is 0 Å². The molecule has 1 N–H and O–H groups in total. The SMILES string of the molecule is C=CCNCc1ccc(-c2cc(-c3ncco3)ccc2C)cc1. The molecule has 0 amide bonds. The lowest BCUT2D eigenvalue weighted by atomic mass is 9.97. The fraction of sp³-hybridized carbons (Fsp3) is 0.150. The summed E-state index contributed by atoms with van der Waals surface area (Å²) in [7, 11) is 0. The maximum absolute atomic E-state index is 5.40. The van der Waals surface area contributed by atoms with E-state index in [1.807, 2.05) is 12.1 Å². The molecule has 3 heteroatoms. The van der Waals surface area contributed by atoms with Crippen LogP contribution in [0.4, 0.5) is 0 Å². The number of nitrogens with one attached hydrogen (secondary N) is 1. The minimum atomic E-state index is 0.650. The first-order valence-corrected chi connectivity index (χ1v) is 7.69. The molecule has 0 atom stereocenters. The van der Waals surface area contributed by atoms with Crippen molar-refractivity contribution in [2.24, 2.45) is 0 Å². The van der Waals surface area contributed by atoms with Gasteiger partial charge in [0.05, 0.1) is 6.20 Å². The fourth-order valence-corrected chi connectivity index (χ4v) is 2.55. The monoisotopic (exact) mass is 304 g/mol. The lowest BCUT2D eigenvalue weighted by molar-refractivity contribution is 0.574. The Labute approximate surface area is 136 Å². The van der Waals surface area contributed by atoms with Crippen LogP contribution in [0.25, 0.3) is 22.6 Å². The van der Waals surface area contributed by atoms with Crippen molar-refractivity contribution in [3.05, 3.63) is 78.7 Å². The highest BCUT2D eigenvalue weighted by Gasteiger charge is 2.07. The molecule has 2 aromatic carbocycles. The highest BCUT2D eigenvalue weighted by molar-refractivity contribution is 5.72. The average molecular weight is 304 g/mol. The normalized spacial score (nSPS) is 10.7. The van der Waals surface area contributed by atoms with Crippen molar-refractivity contribution in [3.8, 4) is 22.6 Å². The Morgan fingerprint density at radius 3 is 2.61 bits per heavy atom. The molecule has 0 fully saturated rings. The molecule has 0 aliphatic heterocycles. The smallest absolute Gasteiger partial charge is 0.225 e. The predicted molar refractivity (Wildman–Crippen MR) is 94.0 cm³/mol.